The third-order valence-electron chi connectivity index (χ3n) is 2.39. The molecule has 0 unspecified atom stereocenters. The van der Waals surface area contributed by atoms with Crippen molar-refractivity contribution in [3.8, 4) is 0 Å². The summed E-state index contributed by atoms with van der Waals surface area (Å²) in [7, 11) is -2.03. The highest BCUT2D eigenvalue weighted by molar-refractivity contribution is 9.11. The number of ether oxygens (including phenoxy) is 1. The van der Waals surface area contributed by atoms with Gasteiger partial charge in [0, 0.05) is 29.1 Å². The number of hydrogen-bond acceptors (Lipinski definition) is 3. The minimum absolute atomic E-state index is 0.230. The van der Waals surface area contributed by atoms with E-state index in [0.717, 1.165) is 4.47 Å². The van der Waals surface area contributed by atoms with Gasteiger partial charge in [-0.05, 0) is 34.1 Å². The molecular formula is C12H15Br2NO3S. The standard InChI is InChI=1S/C12H15Br2NO3S/c1-3-6-15(7-8-18-2)19(16,17)12-5-4-10(13)9-11(12)14/h3-5,9H,1,6-8H2,2H3. The van der Waals surface area contributed by atoms with Crippen molar-refractivity contribution < 1.29 is 13.2 Å². The van der Waals surface area contributed by atoms with Gasteiger partial charge < -0.3 is 4.74 Å². The van der Waals surface area contributed by atoms with Crippen LogP contribution < -0.4 is 0 Å². The van der Waals surface area contributed by atoms with Crippen molar-refractivity contribution in [2.45, 2.75) is 4.90 Å². The van der Waals surface area contributed by atoms with Gasteiger partial charge in [0.2, 0.25) is 10.0 Å². The lowest BCUT2D eigenvalue weighted by molar-refractivity contribution is 0.182. The van der Waals surface area contributed by atoms with Gasteiger partial charge >= 0.3 is 0 Å². The van der Waals surface area contributed by atoms with Gasteiger partial charge in [-0.25, -0.2) is 8.42 Å². The van der Waals surface area contributed by atoms with Crippen LogP contribution in [-0.2, 0) is 14.8 Å². The first-order valence-corrected chi connectivity index (χ1v) is 8.51. The summed E-state index contributed by atoms with van der Waals surface area (Å²) in [4.78, 5) is 0.230. The topological polar surface area (TPSA) is 46.6 Å². The van der Waals surface area contributed by atoms with Crippen LogP contribution in [0.4, 0.5) is 0 Å². The highest BCUT2D eigenvalue weighted by atomic mass is 79.9. The smallest absolute Gasteiger partial charge is 0.244 e. The number of sulfonamides is 1. The van der Waals surface area contributed by atoms with E-state index >= 15 is 0 Å². The van der Waals surface area contributed by atoms with E-state index in [1.807, 2.05) is 0 Å². The quantitative estimate of drug-likeness (QED) is 0.646. The molecule has 0 N–H and O–H groups in total. The molecule has 1 aromatic carbocycles. The number of rotatable bonds is 7. The average molecular weight is 413 g/mol. The fourth-order valence-electron chi connectivity index (χ4n) is 1.47. The Kier molecular flexibility index (Phi) is 6.68. The molecule has 106 valence electrons. The molecule has 7 heteroatoms. The van der Waals surface area contributed by atoms with Crippen molar-refractivity contribution >= 4 is 41.9 Å². The van der Waals surface area contributed by atoms with Gasteiger partial charge in [-0.2, -0.15) is 4.31 Å². The lowest BCUT2D eigenvalue weighted by Gasteiger charge is -2.21. The predicted octanol–water partition coefficient (Wildman–Crippen LogP) is 3.03. The number of methoxy groups -OCH3 is 1. The molecule has 0 aliphatic rings. The Morgan fingerprint density at radius 3 is 2.63 bits per heavy atom. The number of benzene rings is 1. The lowest BCUT2D eigenvalue weighted by atomic mass is 10.4. The summed E-state index contributed by atoms with van der Waals surface area (Å²) in [6, 6.07) is 4.96. The van der Waals surface area contributed by atoms with Gasteiger partial charge in [0.15, 0.2) is 0 Å². The zero-order chi connectivity index (χ0) is 14.5. The predicted molar refractivity (Wildman–Crippen MR) is 82.7 cm³/mol. The largest absolute Gasteiger partial charge is 0.383 e. The Hall–Kier alpha value is -0.210. The Bertz CT molecular complexity index is 546. The van der Waals surface area contributed by atoms with E-state index in [1.165, 1.54) is 11.4 Å². The molecule has 0 radical (unpaired) electrons. The number of nitrogens with zero attached hydrogens (tertiary/aromatic N) is 1. The molecule has 4 nitrogen and oxygen atoms in total. The van der Waals surface area contributed by atoms with Crippen molar-refractivity contribution in [2.75, 3.05) is 26.8 Å². The minimum atomic E-state index is -3.57. The van der Waals surface area contributed by atoms with E-state index in [9.17, 15) is 8.42 Å². The molecule has 0 saturated carbocycles. The van der Waals surface area contributed by atoms with Crippen LogP contribution in [-0.4, -0.2) is 39.5 Å². The van der Waals surface area contributed by atoms with Crippen LogP contribution in [0.2, 0.25) is 0 Å². The SMILES string of the molecule is C=CCN(CCOC)S(=O)(=O)c1ccc(Br)cc1Br. The van der Waals surface area contributed by atoms with Crippen LogP contribution in [0.3, 0.4) is 0 Å². The fraction of sp³-hybridized carbons (Fsp3) is 0.333. The first kappa shape index (κ1) is 16.8. The van der Waals surface area contributed by atoms with Crippen LogP contribution in [0.15, 0.2) is 44.7 Å². The van der Waals surface area contributed by atoms with E-state index in [0.29, 0.717) is 11.1 Å². The zero-order valence-corrected chi connectivity index (χ0v) is 14.5. The van der Waals surface area contributed by atoms with E-state index < -0.39 is 10.0 Å². The molecule has 0 spiro atoms. The monoisotopic (exact) mass is 411 g/mol. The van der Waals surface area contributed by atoms with E-state index in [1.54, 1.807) is 24.3 Å². The van der Waals surface area contributed by atoms with Gasteiger partial charge in [0.05, 0.1) is 11.5 Å². The van der Waals surface area contributed by atoms with E-state index in [4.69, 9.17) is 4.74 Å². The fourth-order valence-corrected chi connectivity index (χ4v) is 4.57. The summed E-state index contributed by atoms with van der Waals surface area (Å²) in [5.74, 6) is 0. The maximum absolute atomic E-state index is 12.5. The molecule has 0 aliphatic carbocycles. The van der Waals surface area contributed by atoms with E-state index in [-0.39, 0.29) is 18.0 Å². The van der Waals surface area contributed by atoms with Crippen LogP contribution in [0.1, 0.15) is 0 Å². The number of hydrogen-bond donors (Lipinski definition) is 0. The molecule has 0 aliphatic heterocycles. The molecular weight excluding hydrogens is 398 g/mol. The van der Waals surface area contributed by atoms with Crippen LogP contribution >= 0.6 is 31.9 Å². The van der Waals surface area contributed by atoms with Gasteiger partial charge in [0.1, 0.15) is 0 Å². The molecule has 0 saturated heterocycles. The molecule has 0 aromatic heterocycles. The van der Waals surface area contributed by atoms with Gasteiger partial charge in [0.25, 0.3) is 0 Å². The molecule has 0 bridgehead atoms. The second-order valence-electron chi connectivity index (χ2n) is 3.72. The van der Waals surface area contributed by atoms with Crippen LogP contribution in [0.5, 0.6) is 0 Å². The third kappa shape index (κ3) is 4.39. The van der Waals surface area contributed by atoms with Crippen molar-refractivity contribution in [1.82, 2.24) is 4.31 Å². The minimum Gasteiger partial charge on any atom is -0.383 e. The molecule has 0 atom stereocenters. The van der Waals surface area contributed by atoms with Crippen LogP contribution in [0, 0.1) is 0 Å². The van der Waals surface area contributed by atoms with Gasteiger partial charge in [-0.15, -0.1) is 6.58 Å². The van der Waals surface area contributed by atoms with E-state index in [2.05, 4.69) is 38.4 Å². The lowest BCUT2D eigenvalue weighted by Crippen LogP contribution is -2.34. The summed E-state index contributed by atoms with van der Waals surface area (Å²) >= 11 is 6.58. The first-order chi connectivity index (χ1) is 8.93. The molecule has 0 amide bonds. The van der Waals surface area contributed by atoms with Crippen molar-refractivity contribution in [1.29, 1.82) is 0 Å². The highest BCUT2D eigenvalue weighted by Crippen LogP contribution is 2.28. The van der Waals surface area contributed by atoms with Crippen LogP contribution in [0.25, 0.3) is 0 Å². The second-order valence-corrected chi connectivity index (χ2v) is 7.40. The third-order valence-corrected chi connectivity index (χ3v) is 5.72. The zero-order valence-electron chi connectivity index (χ0n) is 10.5. The molecule has 1 aromatic rings. The Morgan fingerprint density at radius 1 is 1.42 bits per heavy atom. The summed E-state index contributed by atoms with van der Waals surface area (Å²) in [6.07, 6.45) is 1.56. The summed E-state index contributed by atoms with van der Waals surface area (Å²) in [5.41, 5.74) is 0. The Balaban J connectivity index is 3.14. The maximum Gasteiger partial charge on any atom is 0.244 e. The van der Waals surface area contributed by atoms with Gasteiger partial charge in [-0.1, -0.05) is 22.0 Å². The normalized spacial score (nSPS) is 11.8. The van der Waals surface area contributed by atoms with Crippen molar-refractivity contribution in [3.05, 3.63) is 39.8 Å². The van der Waals surface area contributed by atoms with Crippen molar-refractivity contribution in [2.24, 2.45) is 0 Å². The molecule has 0 heterocycles. The molecule has 19 heavy (non-hydrogen) atoms. The maximum atomic E-state index is 12.5. The van der Waals surface area contributed by atoms with Crippen molar-refractivity contribution in [3.63, 3.8) is 0 Å². The average Bonchev–Trinajstić information content (AvgIpc) is 2.33. The second kappa shape index (κ2) is 7.54. The summed E-state index contributed by atoms with van der Waals surface area (Å²) in [6.45, 7) is 4.45. The highest BCUT2D eigenvalue weighted by Gasteiger charge is 2.25. The number of halogens is 2. The molecule has 0 fully saturated rings. The Morgan fingerprint density at radius 2 is 2.11 bits per heavy atom. The van der Waals surface area contributed by atoms with Gasteiger partial charge in [-0.3, -0.25) is 0 Å². The Labute approximate surface area is 130 Å². The summed E-state index contributed by atoms with van der Waals surface area (Å²) in [5, 5.41) is 0. The first-order valence-electron chi connectivity index (χ1n) is 5.48. The summed E-state index contributed by atoms with van der Waals surface area (Å²) < 4.78 is 32.7. The molecule has 1 rings (SSSR count).